The van der Waals surface area contributed by atoms with E-state index in [1.807, 2.05) is 33.8 Å². The van der Waals surface area contributed by atoms with E-state index < -0.39 is 7.12 Å². The van der Waals surface area contributed by atoms with E-state index in [1.54, 1.807) is 0 Å². The van der Waals surface area contributed by atoms with Gasteiger partial charge in [-0.05, 0) is 58.1 Å². The fourth-order valence-electron chi connectivity index (χ4n) is 2.52. The fraction of sp³-hybridized carbons (Fsp3) is 0.562. The second-order valence-corrected chi connectivity index (χ2v) is 6.82. The highest BCUT2D eigenvalue weighted by atomic mass is 16.7. The van der Waals surface area contributed by atoms with Gasteiger partial charge in [0.25, 0.3) is 0 Å². The van der Waals surface area contributed by atoms with E-state index in [-0.39, 0.29) is 11.2 Å². The largest absolute Gasteiger partial charge is 0.496 e. The molecule has 1 aliphatic carbocycles. The normalized spacial score (nSPS) is 23.6. The molecule has 1 saturated heterocycles. The van der Waals surface area contributed by atoms with Crippen LogP contribution in [0.4, 0.5) is 0 Å². The Hall–Kier alpha value is -1.31. The summed E-state index contributed by atoms with van der Waals surface area (Å²) in [6, 6.07) is 8.31. The van der Waals surface area contributed by atoms with Gasteiger partial charge in [0.1, 0.15) is 0 Å². The standard InChI is InChI=1S/C16H20BNO2/c1-15(2)16(3,4)20-17(19-15)14-9-12(11-5-6-11)7-8-13(14)10-18/h7-9,11H,5-6H2,1-4H3. The van der Waals surface area contributed by atoms with Crippen LogP contribution in [0.1, 0.15) is 57.6 Å². The average Bonchev–Trinajstić information content (AvgIpc) is 3.17. The van der Waals surface area contributed by atoms with Crippen molar-refractivity contribution >= 4 is 12.6 Å². The third-order valence-electron chi connectivity index (χ3n) is 4.75. The summed E-state index contributed by atoms with van der Waals surface area (Å²) in [4.78, 5) is 0. The van der Waals surface area contributed by atoms with Crippen molar-refractivity contribution in [1.82, 2.24) is 0 Å². The molecule has 1 heterocycles. The number of hydrogen-bond acceptors (Lipinski definition) is 3. The maximum atomic E-state index is 9.32. The predicted octanol–water partition coefficient (Wildman–Crippen LogP) is 2.73. The Bertz CT molecular complexity index is 569. The van der Waals surface area contributed by atoms with E-state index >= 15 is 0 Å². The highest BCUT2D eigenvalue weighted by molar-refractivity contribution is 6.62. The predicted molar refractivity (Wildman–Crippen MR) is 78.8 cm³/mol. The molecule has 2 fully saturated rings. The second-order valence-electron chi connectivity index (χ2n) is 6.82. The third-order valence-corrected chi connectivity index (χ3v) is 4.75. The van der Waals surface area contributed by atoms with Gasteiger partial charge >= 0.3 is 7.12 Å². The highest BCUT2D eigenvalue weighted by Crippen LogP contribution is 2.40. The maximum Gasteiger partial charge on any atom is 0.496 e. The first-order valence-corrected chi connectivity index (χ1v) is 7.24. The monoisotopic (exact) mass is 269 g/mol. The van der Waals surface area contributed by atoms with E-state index in [4.69, 9.17) is 9.31 Å². The van der Waals surface area contributed by atoms with Crippen molar-refractivity contribution < 1.29 is 9.31 Å². The molecule has 3 rings (SSSR count). The van der Waals surface area contributed by atoms with Gasteiger partial charge < -0.3 is 9.31 Å². The van der Waals surface area contributed by atoms with Crippen LogP contribution in [-0.4, -0.2) is 18.3 Å². The van der Waals surface area contributed by atoms with Crippen LogP contribution in [0.2, 0.25) is 0 Å². The lowest BCUT2D eigenvalue weighted by atomic mass is 9.75. The topological polar surface area (TPSA) is 42.2 Å². The lowest BCUT2D eigenvalue weighted by Crippen LogP contribution is -2.41. The Morgan fingerprint density at radius 3 is 2.25 bits per heavy atom. The molecule has 0 radical (unpaired) electrons. The molecule has 0 amide bonds. The first kappa shape index (κ1) is 13.7. The molecule has 1 saturated carbocycles. The van der Waals surface area contributed by atoms with Crippen molar-refractivity contribution in [3.63, 3.8) is 0 Å². The third kappa shape index (κ3) is 2.15. The molecule has 20 heavy (non-hydrogen) atoms. The van der Waals surface area contributed by atoms with Gasteiger partial charge in [-0.3, -0.25) is 0 Å². The highest BCUT2D eigenvalue weighted by Gasteiger charge is 2.52. The number of benzene rings is 1. The first-order valence-electron chi connectivity index (χ1n) is 7.24. The molecule has 2 aliphatic rings. The van der Waals surface area contributed by atoms with E-state index in [1.165, 1.54) is 18.4 Å². The van der Waals surface area contributed by atoms with E-state index in [2.05, 4.69) is 18.2 Å². The van der Waals surface area contributed by atoms with Gasteiger partial charge in [0.15, 0.2) is 0 Å². The summed E-state index contributed by atoms with van der Waals surface area (Å²) < 4.78 is 12.1. The zero-order chi connectivity index (χ0) is 14.5. The van der Waals surface area contributed by atoms with Crippen LogP contribution in [0.3, 0.4) is 0 Å². The fourth-order valence-corrected chi connectivity index (χ4v) is 2.52. The lowest BCUT2D eigenvalue weighted by molar-refractivity contribution is 0.00578. The van der Waals surface area contributed by atoms with Gasteiger partial charge in [-0.1, -0.05) is 12.1 Å². The molecular formula is C16H20BNO2. The zero-order valence-electron chi connectivity index (χ0n) is 12.6. The molecule has 0 spiro atoms. The summed E-state index contributed by atoms with van der Waals surface area (Å²) in [5.74, 6) is 0.656. The molecule has 3 nitrogen and oxygen atoms in total. The van der Waals surface area contributed by atoms with Crippen molar-refractivity contribution in [3.8, 4) is 6.07 Å². The quantitative estimate of drug-likeness (QED) is 0.775. The van der Waals surface area contributed by atoms with Crippen molar-refractivity contribution in [1.29, 1.82) is 5.26 Å². The van der Waals surface area contributed by atoms with Gasteiger partial charge in [-0.2, -0.15) is 5.26 Å². The van der Waals surface area contributed by atoms with Crippen molar-refractivity contribution in [3.05, 3.63) is 29.3 Å². The van der Waals surface area contributed by atoms with Gasteiger partial charge in [-0.15, -0.1) is 0 Å². The maximum absolute atomic E-state index is 9.32. The smallest absolute Gasteiger partial charge is 0.399 e. The number of nitriles is 1. The van der Waals surface area contributed by atoms with Crippen LogP contribution >= 0.6 is 0 Å². The molecule has 1 aromatic rings. The molecule has 1 aromatic carbocycles. The Balaban J connectivity index is 1.98. The minimum atomic E-state index is -0.451. The SMILES string of the molecule is CC1(C)OB(c2cc(C3CC3)ccc2C#N)OC1(C)C. The van der Waals surface area contributed by atoms with Crippen LogP contribution in [0.15, 0.2) is 18.2 Å². The van der Waals surface area contributed by atoms with E-state index in [9.17, 15) is 5.26 Å². The van der Waals surface area contributed by atoms with Gasteiger partial charge in [0.05, 0.1) is 22.8 Å². The summed E-state index contributed by atoms with van der Waals surface area (Å²) in [6.45, 7) is 8.13. The van der Waals surface area contributed by atoms with Crippen molar-refractivity contribution in [2.24, 2.45) is 0 Å². The minimum absolute atomic E-state index is 0.375. The van der Waals surface area contributed by atoms with E-state index in [0.29, 0.717) is 11.5 Å². The molecule has 0 N–H and O–H groups in total. The number of hydrogen-bond donors (Lipinski definition) is 0. The Morgan fingerprint density at radius 2 is 1.75 bits per heavy atom. The summed E-state index contributed by atoms with van der Waals surface area (Å²) in [7, 11) is -0.451. The minimum Gasteiger partial charge on any atom is -0.399 e. The summed E-state index contributed by atoms with van der Waals surface area (Å²) in [6.07, 6.45) is 2.49. The van der Waals surface area contributed by atoms with Crippen molar-refractivity contribution in [2.45, 2.75) is 57.7 Å². The molecule has 1 aliphatic heterocycles. The van der Waals surface area contributed by atoms with Crippen molar-refractivity contribution in [2.75, 3.05) is 0 Å². The van der Waals surface area contributed by atoms with Crippen LogP contribution < -0.4 is 5.46 Å². The summed E-state index contributed by atoms with van der Waals surface area (Å²) in [5.41, 5.74) is 2.07. The summed E-state index contributed by atoms with van der Waals surface area (Å²) >= 11 is 0. The molecule has 0 atom stereocenters. The van der Waals surface area contributed by atoms with Gasteiger partial charge in [0.2, 0.25) is 0 Å². The molecule has 0 unspecified atom stereocenters. The molecule has 4 heteroatoms. The lowest BCUT2D eigenvalue weighted by Gasteiger charge is -2.32. The van der Waals surface area contributed by atoms with E-state index in [0.717, 1.165) is 5.46 Å². The first-order chi connectivity index (χ1) is 9.34. The van der Waals surface area contributed by atoms with Crippen LogP contribution in [0.25, 0.3) is 0 Å². The molecule has 0 bridgehead atoms. The number of rotatable bonds is 2. The molecular weight excluding hydrogens is 249 g/mol. The van der Waals surface area contributed by atoms with Gasteiger partial charge in [-0.25, -0.2) is 0 Å². The molecule has 0 aromatic heterocycles. The second kappa shape index (κ2) is 4.34. The van der Waals surface area contributed by atoms with Crippen LogP contribution in [-0.2, 0) is 9.31 Å². The molecule has 104 valence electrons. The Morgan fingerprint density at radius 1 is 1.15 bits per heavy atom. The number of nitrogens with zero attached hydrogens (tertiary/aromatic N) is 1. The van der Waals surface area contributed by atoms with Crippen LogP contribution in [0.5, 0.6) is 0 Å². The van der Waals surface area contributed by atoms with Crippen LogP contribution in [0, 0.1) is 11.3 Å². The average molecular weight is 269 g/mol. The summed E-state index contributed by atoms with van der Waals surface area (Å²) in [5, 5.41) is 9.32. The van der Waals surface area contributed by atoms with Gasteiger partial charge in [0, 0.05) is 5.46 Å². The Labute approximate surface area is 121 Å². The zero-order valence-corrected chi connectivity index (χ0v) is 12.6. The Kier molecular flexibility index (Phi) is 2.97.